The summed E-state index contributed by atoms with van der Waals surface area (Å²) in [6.45, 7) is 4.68. The maximum Gasteiger partial charge on any atom is 0.316 e. The first kappa shape index (κ1) is 17.7. The molecule has 134 valence electrons. The Balaban J connectivity index is 1.61. The number of amides is 2. The van der Waals surface area contributed by atoms with Crippen molar-refractivity contribution in [1.82, 2.24) is 10.3 Å². The van der Waals surface area contributed by atoms with E-state index in [4.69, 9.17) is 0 Å². The van der Waals surface area contributed by atoms with Gasteiger partial charge in [-0.25, -0.2) is 0 Å². The number of nitrogens with one attached hydrogen (secondary N) is 2. The minimum Gasteiger partial charge on any atom is -0.361 e. The lowest BCUT2D eigenvalue weighted by atomic mass is 10.1. The molecule has 0 fully saturated rings. The Morgan fingerprint density at radius 3 is 2.69 bits per heavy atom. The van der Waals surface area contributed by atoms with Gasteiger partial charge in [0.1, 0.15) is 0 Å². The van der Waals surface area contributed by atoms with E-state index >= 15 is 0 Å². The summed E-state index contributed by atoms with van der Waals surface area (Å²) >= 11 is 0. The van der Waals surface area contributed by atoms with Gasteiger partial charge in [-0.05, 0) is 49.6 Å². The van der Waals surface area contributed by atoms with Crippen molar-refractivity contribution in [3.63, 3.8) is 0 Å². The molecule has 1 aromatic heterocycles. The van der Waals surface area contributed by atoms with E-state index in [1.54, 1.807) is 0 Å². The molecule has 5 nitrogen and oxygen atoms in total. The molecule has 0 saturated carbocycles. The number of H-pyrrole nitrogens is 1. The van der Waals surface area contributed by atoms with Crippen LogP contribution < -0.4 is 10.2 Å². The number of aromatic amines is 1. The number of nitrogens with zero attached hydrogens (tertiary/aromatic N) is 1. The highest BCUT2D eigenvalue weighted by atomic mass is 16.2. The van der Waals surface area contributed by atoms with Crippen molar-refractivity contribution in [3.8, 4) is 0 Å². The number of rotatable bonds is 5. The van der Waals surface area contributed by atoms with E-state index in [1.165, 1.54) is 4.90 Å². The van der Waals surface area contributed by atoms with Crippen LogP contribution in [0.1, 0.15) is 18.1 Å². The van der Waals surface area contributed by atoms with Gasteiger partial charge in [0, 0.05) is 35.9 Å². The fraction of sp³-hybridized carbons (Fsp3) is 0.238. The molecular formula is C21H23N3O2. The maximum absolute atomic E-state index is 12.5. The zero-order chi connectivity index (χ0) is 18.5. The summed E-state index contributed by atoms with van der Waals surface area (Å²) in [6.07, 6.45) is 2.61. The van der Waals surface area contributed by atoms with Gasteiger partial charge >= 0.3 is 11.8 Å². The zero-order valence-corrected chi connectivity index (χ0v) is 15.1. The first-order valence-corrected chi connectivity index (χ1v) is 8.81. The van der Waals surface area contributed by atoms with Crippen LogP contribution in [0, 0.1) is 6.92 Å². The predicted molar refractivity (Wildman–Crippen MR) is 104 cm³/mol. The largest absolute Gasteiger partial charge is 0.361 e. The molecular weight excluding hydrogens is 326 g/mol. The smallest absolute Gasteiger partial charge is 0.316 e. The normalized spacial score (nSPS) is 10.7. The van der Waals surface area contributed by atoms with Crippen molar-refractivity contribution in [2.75, 3.05) is 18.0 Å². The molecule has 2 N–H and O–H groups in total. The van der Waals surface area contributed by atoms with Crippen LogP contribution in [0.3, 0.4) is 0 Å². The van der Waals surface area contributed by atoms with E-state index in [1.807, 2.05) is 68.6 Å². The van der Waals surface area contributed by atoms with Gasteiger partial charge in [-0.1, -0.05) is 30.3 Å². The maximum atomic E-state index is 12.5. The van der Waals surface area contributed by atoms with Crippen LogP contribution in [-0.2, 0) is 16.0 Å². The molecule has 0 aliphatic carbocycles. The van der Waals surface area contributed by atoms with E-state index in [-0.39, 0.29) is 0 Å². The molecule has 0 aliphatic rings. The van der Waals surface area contributed by atoms with Gasteiger partial charge in [-0.3, -0.25) is 9.59 Å². The minimum atomic E-state index is -0.576. The van der Waals surface area contributed by atoms with Crippen LogP contribution >= 0.6 is 0 Å². The third-order valence-electron chi connectivity index (χ3n) is 4.42. The average Bonchev–Trinajstić information content (AvgIpc) is 3.05. The first-order valence-electron chi connectivity index (χ1n) is 8.81. The average molecular weight is 349 g/mol. The number of fused-ring (bicyclic) bond motifs is 1. The summed E-state index contributed by atoms with van der Waals surface area (Å²) in [5.41, 5.74) is 3.98. The van der Waals surface area contributed by atoms with Gasteiger partial charge in [0.05, 0.1) is 0 Å². The van der Waals surface area contributed by atoms with Gasteiger partial charge in [0.25, 0.3) is 0 Å². The number of aryl methyl sites for hydroxylation is 1. The summed E-state index contributed by atoms with van der Waals surface area (Å²) < 4.78 is 0. The fourth-order valence-electron chi connectivity index (χ4n) is 3.09. The third-order valence-corrected chi connectivity index (χ3v) is 4.42. The van der Waals surface area contributed by atoms with Gasteiger partial charge in [-0.2, -0.15) is 0 Å². The molecule has 3 rings (SSSR count). The van der Waals surface area contributed by atoms with Crippen LogP contribution in [0.15, 0.2) is 54.7 Å². The molecule has 0 unspecified atom stereocenters. The molecule has 0 bridgehead atoms. The molecule has 3 aromatic rings. The Hall–Kier alpha value is -3.08. The molecule has 5 heteroatoms. The Bertz CT molecular complexity index is 930. The number of anilines is 1. The van der Waals surface area contributed by atoms with Crippen LogP contribution in [-0.4, -0.2) is 29.9 Å². The summed E-state index contributed by atoms with van der Waals surface area (Å²) in [6, 6.07) is 15.6. The highest BCUT2D eigenvalue weighted by Gasteiger charge is 2.21. The number of hydrogen-bond acceptors (Lipinski definition) is 2. The van der Waals surface area contributed by atoms with E-state index in [0.717, 1.165) is 27.7 Å². The molecule has 0 aliphatic heterocycles. The van der Waals surface area contributed by atoms with E-state index in [0.29, 0.717) is 19.5 Å². The highest BCUT2D eigenvalue weighted by molar-refractivity contribution is 6.40. The zero-order valence-electron chi connectivity index (χ0n) is 15.1. The molecule has 1 heterocycles. The van der Waals surface area contributed by atoms with Gasteiger partial charge < -0.3 is 15.2 Å². The number of benzene rings is 2. The molecule has 0 radical (unpaired) electrons. The van der Waals surface area contributed by atoms with Crippen molar-refractivity contribution in [2.24, 2.45) is 0 Å². The molecule has 2 amide bonds. The topological polar surface area (TPSA) is 65.2 Å². The van der Waals surface area contributed by atoms with Crippen molar-refractivity contribution in [1.29, 1.82) is 0 Å². The van der Waals surface area contributed by atoms with E-state index in [2.05, 4.69) is 10.3 Å². The predicted octanol–water partition coefficient (Wildman–Crippen LogP) is 3.19. The van der Waals surface area contributed by atoms with Crippen molar-refractivity contribution in [2.45, 2.75) is 20.3 Å². The SMILES string of the molecule is CCN(C(=O)C(=O)NCCc1c[nH]c2ccccc12)c1cccc(C)c1. The van der Waals surface area contributed by atoms with Gasteiger partial charge in [0.15, 0.2) is 0 Å². The molecule has 0 atom stereocenters. The highest BCUT2D eigenvalue weighted by Crippen LogP contribution is 2.18. The summed E-state index contributed by atoms with van der Waals surface area (Å²) in [5, 5.41) is 3.88. The number of para-hydroxylation sites is 1. The number of carbonyl (C=O) groups excluding carboxylic acids is 2. The van der Waals surface area contributed by atoms with Crippen LogP contribution in [0.4, 0.5) is 5.69 Å². The van der Waals surface area contributed by atoms with Crippen LogP contribution in [0.25, 0.3) is 10.9 Å². The summed E-state index contributed by atoms with van der Waals surface area (Å²) in [7, 11) is 0. The number of carbonyl (C=O) groups is 2. The van der Waals surface area contributed by atoms with Crippen LogP contribution in [0.2, 0.25) is 0 Å². The lowest BCUT2D eigenvalue weighted by Gasteiger charge is -2.20. The van der Waals surface area contributed by atoms with Gasteiger partial charge in [0.2, 0.25) is 0 Å². The number of aromatic nitrogens is 1. The van der Waals surface area contributed by atoms with Crippen molar-refractivity contribution >= 4 is 28.4 Å². The second-order valence-electron chi connectivity index (χ2n) is 6.25. The molecule has 0 spiro atoms. The first-order chi connectivity index (χ1) is 12.6. The Morgan fingerprint density at radius 1 is 1.12 bits per heavy atom. The van der Waals surface area contributed by atoms with Crippen molar-refractivity contribution < 1.29 is 9.59 Å². The number of hydrogen-bond donors (Lipinski definition) is 2. The lowest BCUT2D eigenvalue weighted by Crippen LogP contribution is -2.43. The van der Waals surface area contributed by atoms with Gasteiger partial charge in [-0.15, -0.1) is 0 Å². The van der Waals surface area contributed by atoms with Crippen molar-refractivity contribution in [3.05, 3.63) is 65.9 Å². The van der Waals surface area contributed by atoms with Crippen LogP contribution in [0.5, 0.6) is 0 Å². The second kappa shape index (κ2) is 7.87. The lowest BCUT2D eigenvalue weighted by molar-refractivity contribution is -0.137. The Morgan fingerprint density at radius 2 is 1.92 bits per heavy atom. The van der Waals surface area contributed by atoms with E-state index < -0.39 is 11.8 Å². The molecule has 0 saturated heterocycles. The second-order valence-corrected chi connectivity index (χ2v) is 6.25. The van der Waals surface area contributed by atoms with E-state index in [9.17, 15) is 9.59 Å². The Labute approximate surface area is 153 Å². The Kier molecular flexibility index (Phi) is 5.37. The monoisotopic (exact) mass is 349 g/mol. The molecule has 26 heavy (non-hydrogen) atoms. The quantitative estimate of drug-likeness (QED) is 0.695. The third kappa shape index (κ3) is 3.77. The standard InChI is InChI=1S/C21H23N3O2/c1-3-24(17-8-6-7-15(2)13-17)21(26)20(25)22-12-11-16-14-23-19-10-5-4-9-18(16)19/h4-10,13-14,23H,3,11-12H2,1-2H3,(H,22,25). The molecule has 2 aromatic carbocycles. The minimum absolute atomic E-state index is 0.414. The number of likely N-dealkylation sites (N-methyl/N-ethyl adjacent to an activating group) is 1. The fourth-order valence-corrected chi connectivity index (χ4v) is 3.09. The summed E-state index contributed by atoms with van der Waals surface area (Å²) in [4.78, 5) is 29.5. The summed E-state index contributed by atoms with van der Waals surface area (Å²) in [5.74, 6) is -1.11.